The maximum absolute atomic E-state index is 12.6. The number of thiazole rings is 1. The minimum Gasteiger partial charge on any atom is -0.365 e. The van der Waals surface area contributed by atoms with Gasteiger partial charge in [0.05, 0.1) is 17.1 Å². The summed E-state index contributed by atoms with van der Waals surface area (Å²) in [4.78, 5) is 20.2. The average Bonchev–Trinajstić information content (AvgIpc) is 3.18. The topological polar surface area (TPSA) is 42.4 Å². The minimum atomic E-state index is -0.667. The summed E-state index contributed by atoms with van der Waals surface area (Å²) in [6.07, 6.45) is 2.89. The quantitative estimate of drug-likeness (QED) is 0.853. The number of hydrogen-bond acceptors (Lipinski definition) is 5. The first-order valence-electron chi connectivity index (χ1n) is 7.46. The highest BCUT2D eigenvalue weighted by atomic mass is 32.1. The Hall–Kier alpha value is -1.24. The monoisotopic (exact) mass is 336 g/mol. The summed E-state index contributed by atoms with van der Waals surface area (Å²) in [5.41, 5.74) is 0.267. The molecule has 1 fully saturated rings. The lowest BCUT2D eigenvalue weighted by atomic mass is 9.94. The fourth-order valence-corrected chi connectivity index (χ4v) is 4.34. The van der Waals surface area contributed by atoms with Gasteiger partial charge in [-0.25, -0.2) is 4.98 Å². The van der Waals surface area contributed by atoms with Crippen molar-refractivity contribution in [3.63, 3.8) is 0 Å². The minimum absolute atomic E-state index is 0.0536. The molecule has 3 rings (SSSR count). The molecule has 0 saturated carbocycles. The Morgan fingerprint density at radius 2 is 2.32 bits per heavy atom. The first-order valence-corrected chi connectivity index (χ1v) is 9.22. The van der Waals surface area contributed by atoms with Crippen molar-refractivity contribution in [2.45, 2.75) is 38.3 Å². The van der Waals surface area contributed by atoms with Gasteiger partial charge in [0.2, 0.25) is 0 Å². The van der Waals surface area contributed by atoms with Gasteiger partial charge in [-0.1, -0.05) is 6.07 Å². The molecule has 0 spiro atoms. The first kappa shape index (κ1) is 15.6. The van der Waals surface area contributed by atoms with E-state index in [-0.39, 0.29) is 5.91 Å². The molecule has 3 heterocycles. The molecule has 0 radical (unpaired) electrons. The van der Waals surface area contributed by atoms with Gasteiger partial charge in [-0.05, 0) is 37.6 Å². The molecular weight excluding hydrogens is 316 g/mol. The molecule has 1 amide bonds. The number of likely N-dealkylation sites (N-methyl/N-ethyl adjacent to an activating group) is 1. The van der Waals surface area contributed by atoms with Crippen LogP contribution in [-0.4, -0.2) is 35.0 Å². The second kappa shape index (κ2) is 6.48. The van der Waals surface area contributed by atoms with Crippen LogP contribution in [0, 0.1) is 0 Å². The number of carbonyl (C=O) groups is 1. The lowest BCUT2D eigenvalue weighted by molar-refractivity contribution is -0.161. The third-order valence-corrected chi connectivity index (χ3v) is 5.88. The van der Waals surface area contributed by atoms with Crippen LogP contribution in [0.25, 0.3) is 9.88 Å². The molecular formula is C16H20N2O2S2. The molecule has 2 aromatic rings. The highest BCUT2D eigenvalue weighted by Crippen LogP contribution is 2.29. The van der Waals surface area contributed by atoms with Gasteiger partial charge in [0.1, 0.15) is 10.6 Å². The molecule has 2 aromatic heterocycles. The fourth-order valence-electron chi connectivity index (χ4n) is 2.71. The Morgan fingerprint density at radius 1 is 1.45 bits per heavy atom. The van der Waals surface area contributed by atoms with Crippen molar-refractivity contribution in [2.75, 3.05) is 13.7 Å². The Labute approximate surface area is 138 Å². The predicted molar refractivity (Wildman–Crippen MR) is 90.1 cm³/mol. The Balaban J connectivity index is 1.66. The molecule has 1 aliphatic rings. The van der Waals surface area contributed by atoms with E-state index in [1.54, 1.807) is 27.6 Å². The number of ether oxygens (including phenoxy) is 1. The van der Waals surface area contributed by atoms with Crippen molar-refractivity contribution < 1.29 is 9.53 Å². The summed E-state index contributed by atoms with van der Waals surface area (Å²) < 4.78 is 5.74. The Bertz CT molecular complexity index is 630. The number of thiophene rings is 1. The van der Waals surface area contributed by atoms with Gasteiger partial charge in [0.25, 0.3) is 5.91 Å². The van der Waals surface area contributed by atoms with Gasteiger partial charge < -0.3 is 9.64 Å². The predicted octanol–water partition coefficient (Wildman–Crippen LogP) is 3.79. The highest BCUT2D eigenvalue weighted by Gasteiger charge is 2.38. The van der Waals surface area contributed by atoms with Gasteiger partial charge in [-0.15, -0.1) is 22.7 Å². The molecule has 1 atom stereocenters. The van der Waals surface area contributed by atoms with Crippen LogP contribution >= 0.6 is 22.7 Å². The van der Waals surface area contributed by atoms with E-state index in [0.29, 0.717) is 13.2 Å². The molecule has 22 heavy (non-hydrogen) atoms. The number of carbonyl (C=O) groups excluding carboxylic acids is 1. The third kappa shape index (κ3) is 3.24. The third-order valence-electron chi connectivity index (χ3n) is 3.95. The van der Waals surface area contributed by atoms with E-state index < -0.39 is 5.60 Å². The summed E-state index contributed by atoms with van der Waals surface area (Å²) in [7, 11) is 1.83. The largest absolute Gasteiger partial charge is 0.365 e. The maximum Gasteiger partial charge on any atom is 0.254 e. The van der Waals surface area contributed by atoms with Gasteiger partial charge >= 0.3 is 0 Å². The fraction of sp³-hybridized carbons (Fsp3) is 0.500. The van der Waals surface area contributed by atoms with Crippen LogP contribution in [0.3, 0.4) is 0 Å². The number of rotatable bonds is 4. The zero-order valence-electron chi connectivity index (χ0n) is 12.9. The van der Waals surface area contributed by atoms with E-state index >= 15 is 0 Å². The van der Waals surface area contributed by atoms with Crippen LogP contribution < -0.4 is 0 Å². The smallest absolute Gasteiger partial charge is 0.254 e. The van der Waals surface area contributed by atoms with Crippen LogP contribution in [0.5, 0.6) is 0 Å². The number of nitrogens with zero attached hydrogens (tertiary/aromatic N) is 2. The van der Waals surface area contributed by atoms with Crippen molar-refractivity contribution >= 4 is 28.6 Å². The maximum atomic E-state index is 12.6. The van der Waals surface area contributed by atoms with E-state index in [0.717, 1.165) is 30.0 Å². The van der Waals surface area contributed by atoms with Crippen molar-refractivity contribution in [3.8, 4) is 9.88 Å². The molecule has 1 aliphatic heterocycles. The van der Waals surface area contributed by atoms with E-state index in [4.69, 9.17) is 4.74 Å². The molecule has 1 unspecified atom stereocenters. The van der Waals surface area contributed by atoms with Crippen molar-refractivity contribution in [1.82, 2.24) is 9.88 Å². The summed E-state index contributed by atoms with van der Waals surface area (Å²) in [5.74, 6) is 0.0536. The lowest BCUT2D eigenvalue weighted by Crippen LogP contribution is -2.48. The van der Waals surface area contributed by atoms with Crippen LogP contribution in [0.15, 0.2) is 22.9 Å². The van der Waals surface area contributed by atoms with E-state index in [2.05, 4.69) is 11.1 Å². The first-order chi connectivity index (χ1) is 10.6. The number of amides is 1. The molecule has 0 N–H and O–H groups in total. The average molecular weight is 336 g/mol. The van der Waals surface area contributed by atoms with Crippen LogP contribution in [-0.2, 0) is 16.1 Å². The second-order valence-electron chi connectivity index (χ2n) is 5.82. The molecule has 0 aromatic carbocycles. The van der Waals surface area contributed by atoms with Crippen molar-refractivity contribution in [2.24, 2.45) is 0 Å². The summed E-state index contributed by atoms with van der Waals surface area (Å²) in [6.45, 7) is 3.11. The highest BCUT2D eigenvalue weighted by molar-refractivity contribution is 7.20. The molecule has 1 saturated heterocycles. The van der Waals surface area contributed by atoms with Gasteiger partial charge in [0.15, 0.2) is 0 Å². The van der Waals surface area contributed by atoms with Crippen molar-refractivity contribution in [1.29, 1.82) is 0 Å². The van der Waals surface area contributed by atoms with Crippen molar-refractivity contribution in [3.05, 3.63) is 28.6 Å². The molecule has 4 nitrogen and oxygen atoms in total. The Kier molecular flexibility index (Phi) is 4.61. The SMILES string of the molecule is CN(Cc1csc(-c2cccs2)n1)C(=O)C1(C)CCCCO1. The standard InChI is InChI=1S/C16H20N2O2S2/c1-16(7-3-4-8-20-16)15(19)18(2)10-12-11-22-14(17-12)13-6-5-9-21-13/h5-6,9,11H,3-4,7-8,10H2,1-2H3. The molecule has 0 aliphatic carbocycles. The number of hydrogen-bond donors (Lipinski definition) is 0. The van der Waals surface area contributed by atoms with E-state index in [9.17, 15) is 4.79 Å². The lowest BCUT2D eigenvalue weighted by Gasteiger charge is -2.35. The summed E-state index contributed by atoms with van der Waals surface area (Å²) >= 11 is 3.31. The van der Waals surface area contributed by atoms with Gasteiger partial charge in [-0.2, -0.15) is 0 Å². The summed E-state index contributed by atoms with van der Waals surface area (Å²) in [6, 6.07) is 4.09. The molecule has 0 bridgehead atoms. The zero-order valence-corrected chi connectivity index (χ0v) is 14.5. The van der Waals surface area contributed by atoms with E-state index in [1.165, 1.54) is 4.88 Å². The van der Waals surface area contributed by atoms with Crippen LogP contribution in [0.1, 0.15) is 31.9 Å². The number of aromatic nitrogens is 1. The van der Waals surface area contributed by atoms with Gasteiger partial charge in [0, 0.05) is 19.0 Å². The van der Waals surface area contributed by atoms with Crippen LogP contribution in [0.4, 0.5) is 0 Å². The Morgan fingerprint density at radius 3 is 3.00 bits per heavy atom. The molecule has 6 heteroatoms. The van der Waals surface area contributed by atoms with Gasteiger partial charge in [-0.3, -0.25) is 4.79 Å². The molecule has 118 valence electrons. The summed E-state index contributed by atoms with van der Waals surface area (Å²) in [5, 5.41) is 5.10. The zero-order chi connectivity index (χ0) is 15.6. The normalized spacial score (nSPS) is 21.7. The van der Waals surface area contributed by atoms with Crippen LogP contribution in [0.2, 0.25) is 0 Å². The van der Waals surface area contributed by atoms with E-state index in [1.807, 2.05) is 30.8 Å². The second-order valence-corrected chi connectivity index (χ2v) is 7.62.